The lowest BCUT2D eigenvalue weighted by Crippen LogP contribution is -2.30. The van der Waals surface area contributed by atoms with Crippen LogP contribution in [0.5, 0.6) is 0 Å². The lowest BCUT2D eigenvalue weighted by molar-refractivity contribution is -0.138. The van der Waals surface area contributed by atoms with Gasteiger partial charge in [-0.05, 0) is 26.1 Å². The molecule has 1 atom stereocenters. The molecule has 3 nitrogen and oxygen atoms in total. The number of carboxylic acid groups (broad SMARTS) is 1. The zero-order valence-corrected chi connectivity index (χ0v) is 11.1. The van der Waals surface area contributed by atoms with Crippen LogP contribution in [0.3, 0.4) is 0 Å². The van der Waals surface area contributed by atoms with E-state index < -0.39 is 12.0 Å². The quantitative estimate of drug-likeness (QED) is 0.847. The molecular weight excluding hydrogens is 233 g/mol. The molecule has 0 fully saturated rings. The van der Waals surface area contributed by atoms with E-state index in [1.807, 2.05) is 25.7 Å². The normalized spacial score (nSPS) is 12.7. The third-order valence-corrected chi connectivity index (χ3v) is 3.13. The van der Waals surface area contributed by atoms with E-state index in [2.05, 4.69) is 0 Å². The molecule has 0 amide bonds. The van der Waals surface area contributed by atoms with Gasteiger partial charge in [0.2, 0.25) is 0 Å². The van der Waals surface area contributed by atoms with Crippen molar-refractivity contribution < 1.29 is 14.3 Å². The van der Waals surface area contributed by atoms with Crippen LogP contribution >= 0.6 is 0 Å². The number of hydrogen-bond donors (Lipinski definition) is 1. The number of carboxylic acids is 1. The highest BCUT2D eigenvalue weighted by molar-refractivity contribution is 5.68. The lowest BCUT2D eigenvalue weighted by atomic mass is 9.99. The minimum Gasteiger partial charge on any atom is -0.481 e. The van der Waals surface area contributed by atoms with Gasteiger partial charge in [0.05, 0.1) is 6.42 Å². The monoisotopic (exact) mass is 253 g/mol. The number of hydrogen-bond acceptors (Lipinski definition) is 2. The predicted octanol–water partition coefficient (Wildman–Crippen LogP) is 2.99. The fourth-order valence-electron chi connectivity index (χ4n) is 2.18. The molecule has 1 unspecified atom stereocenters. The second-order valence-corrected chi connectivity index (χ2v) is 4.36. The molecule has 0 spiro atoms. The molecular formula is C14H20FNO2. The van der Waals surface area contributed by atoms with Crippen LogP contribution in [0, 0.1) is 12.7 Å². The third kappa shape index (κ3) is 3.53. The van der Waals surface area contributed by atoms with E-state index in [9.17, 15) is 9.18 Å². The van der Waals surface area contributed by atoms with E-state index in [0.29, 0.717) is 18.7 Å². The highest BCUT2D eigenvalue weighted by atomic mass is 19.1. The molecule has 0 aliphatic rings. The molecule has 1 rings (SSSR count). The first kappa shape index (κ1) is 14.6. The number of aryl methyl sites for hydroxylation is 1. The van der Waals surface area contributed by atoms with Crippen LogP contribution in [-0.2, 0) is 4.79 Å². The Balaban J connectivity index is 3.15. The van der Waals surface area contributed by atoms with Crippen molar-refractivity contribution in [3.63, 3.8) is 0 Å². The number of benzene rings is 1. The smallest absolute Gasteiger partial charge is 0.305 e. The van der Waals surface area contributed by atoms with E-state index in [0.717, 1.165) is 5.56 Å². The first-order valence-corrected chi connectivity index (χ1v) is 6.21. The van der Waals surface area contributed by atoms with Gasteiger partial charge in [0, 0.05) is 11.6 Å². The van der Waals surface area contributed by atoms with Crippen molar-refractivity contribution in [2.45, 2.75) is 33.2 Å². The molecule has 1 N–H and O–H groups in total. The third-order valence-electron chi connectivity index (χ3n) is 3.13. The molecule has 0 radical (unpaired) electrons. The number of carbonyl (C=O) groups is 1. The van der Waals surface area contributed by atoms with Gasteiger partial charge in [-0.3, -0.25) is 9.69 Å². The van der Waals surface area contributed by atoms with Gasteiger partial charge in [0.1, 0.15) is 5.82 Å². The van der Waals surface area contributed by atoms with E-state index in [1.165, 1.54) is 6.07 Å². The van der Waals surface area contributed by atoms with Gasteiger partial charge in [0.15, 0.2) is 0 Å². The average Bonchev–Trinajstić information content (AvgIpc) is 2.32. The van der Waals surface area contributed by atoms with Gasteiger partial charge in [-0.1, -0.05) is 31.5 Å². The van der Waals surface area contributed by atoms with Crippen molar-refractivity contribution in [1.82, 2.24) is 4.90 Å². The Morgan fingerprint density at radius 3 is 2.50 bits per heavy atom. The van der Waals surface area contributed by atoms with Crippen LogP contribution in [0.15, 0.2) is 18.2 Å². The highest BCUT2D eigenvalue weighted by Crippen LogP contribution is 2.27. The highest BCUT2D eigenvalue weighted by Gasteiger charge is 2.23. The fraction of sp³-hybridized carbons (Fsp3) is 0.500. The first-order valence-electron chi connectivity index (χ1n) is 6.21. The average molecular weight is 253 g/mol. The second-order valence-electron chi connectivity index (χ2n) is 4.36. The summed E-state index contributed by atoms with van der Waals surface area (Å²) in [6, 6.07) is 4.43. The van der Waals surface area contributed by atoms with E-state index in [4.69, 9.17) is 5.11 Å². The summed E-state index contributed by atoms with van der Waals surface area (Å²) in [5, 5.41) is 9.00. The van der Waals surface area contributed by atoms with Gasteiger partial charge in [-0.2, -0.15) is 0 Å². The molecule has 4 heteroatoms. The molecule has 1 aromatic carbocycles. The molecule has 1 aromatic rings. The van der Waals surface area contributed by atoms with E-state index in [-0.39, 0.29) is 12.2 Å². The van der Waals surface area contributed by atoms with Gasteiger partial charge >= 0.3 is 5.97 Å². The van der Waals surface area contributed by atoms with Crippen molar-refractivity contribution >= 4 is 5.97 Å². The summed E-state index contributed by atoms with van der Waals surface area (Å²) in [5.41, 5.74) is 1.41. The molecule has 0 aliphatic carbocycles. The molecule has 0 aromatic heterocycles. The maximum absolute atomic E-state index is 13.9. The van der Waals surface area contributed by atoms with Crippen molar-refractivity contribution in [1.29, 1.82) is 0 Å². The molecule has 0 saturated carbocycles. The number of halogens is 1. The van der Waals surface area contributed by atoms with Crippen LogP contribution in [0.1, 0.15) is 37.4 Å². The topological polar surface area (TPSA) is 40.5 Å². The van der Waals surface area contributed by atoms with Crippen LogP contribution < -0.4 is 0 Å². The first-order chi connectivity index (χ1) is 8.49. The van der Waals surface area contributed by atoms with Gasteiger partial charge in [-0.15, -0.1) is 0 Å². The SMILES string of the molecule is CCN(CC)C(CC(=O)O)c1cc(C)ccc1F. The Bertz CT molecular complexity index is 416. The summed E-state index contributed by atoms with van der Waals surface area (Å²) in [6.07, 6.45) is -0.0813. The zero-order valence-electron chi connectivity index (χ0n) is 11.1. The maximum Gasteiger partial charge on any atom is 0.305 e. The van der Waals surface area contributed by atoms with Gasteiger partial charge in [-0.25, -0.2) is 4.39 Å². The van der Waals surface area contributed by atoms with Crippen LogP contribution in [-0.4, -0.2) is 29.1 Å². The molecule has 0 saturated heterocycles. The second kappa shape index (κ2) is 6.50. The molecule has 0 heterocycles. The molecule has 100 valence electrons. The molecule has 0 aliphatic heterocycles. The van der Waals surface area contributed by atoms with Crippen molar-refractivity contribution in [3.05, 3.63) is 35.1 Å². The largest absolute Gasteiger partial charge is 0.481 e. The van der Waals surface area contributed by atoms with Crippen molar-refractivity contribution in [3.8, 4) is 0 Å². The summed E-state index contributed by atoms with van der Waals surface area (Å²) < 4.78 is 13.9. The fourth-order valence-corrected chi connectivity index (χ4v) is 2.18. The van der Waals surface area contributed by atoms with E-state index in [1.54, 1.807) is 12.1 Å². The Morgan fingerprint density at radius 1 is 1.39 bits per heavy atom. The summed E-state index contributed by atoms with van der Waals surface area (Å²) in [5.74, 6) is -1.24. The Kier molecular flexibility index (Phi) is 5.28. The summed E-state index contributed by atoms with van der Waals surface area (Å²) in [4.78, 5) is 12.9. The lowest BCUT2D eigenvalue weighted by Gasteiger charge is -2.29. The number of aliphatic carboxylic acids is 1. The van der Waals surface area contributed by atoms with Crippen molar-refractivity contribution in [2.75, 3.05) is 13.1 Å². The van der Waals surface area contributed by atoms with Crippen LogP contribution in [0.4, 0.5) is 4.39 Å². The minimum absolute atomic E-state index is 0.0813. The predicted molar refractivity (Wildman–Crippen MR) is 69.1 cm³/mol. The van der Waals surface area contributed by atoms with Crippen molar-refractivity contribution in [2.24, 2.45) is 0 Å². The Morgan fingerprint density at radius 2 is 2.00 bits per heavy atom. The van der Waals surface area contributed by atoms with Crippen LogP contribution in [0.25, 0.3) is 0 Å². The molecule has 18 heavy (non-hydrogen) atoms. The minimum atomic E-state index is -0.909. The molecule has 0 bridgehead atoms. The van der Waals surface area contributed by atoms with Crippen LogP contribution in [0.2, 0.25) is 0 Å². The maximum atomic E-state index is 13.9. The summed E-state index contributed by atoms with van der Waals surface area (Å²) in [6.45, 7) is 7.17. The number of nitrogens with zero attached hydrogens (tertiary/aromatic N) is 1. The summed E-state index contributed by atoms with van der Waals surface area (Å²) in [7, 11) is 0. The zero-order chi connectivity index (χ0) is 13.7. The van der Waals surface area contributed by atoms with E-state index >= 15 is 0 Å². The Hall–Kier alpha value is -1.42. The summed E-state index contributed by atoms with van der Waals surface area (Å²) >= 11 is 0. The number of rotatable bonds is 6. The standard InChI is InChI=1S/C14H20FNO2/c1-4-16(5-2)13(9-14(17)18)11-8-10(3)6-7-12(11)15/h6-8,13H,4-5,9H2,1-3H3,(H,17,18). The van der Waals surface area contributed by atoms with Gasteiger partial charge < -0.3 is 5.11 Å². The Labute approximate surface area is 107 Å². The van der Waals surface area contributed by atoms with Gasteiger partial charge in [0.25, 0.3) is 0 Å².